The molecule has 21 heavy (non-hydrogen) atoms. The number of hydrogen-bond acceptors (Lipinski definition) is 3. The maximum absolute atomic E-state index is 12.5. The molecular formula is C17H19NO3. The van der Waals surface area contributed by atoms with Gasteiger partial charge in [0.15, 0.2) is 0 Å². The van der Waals surface area contributed by atoms with E-state index < -0.39 is 0 Å². The number of carbonyl (C=O) groups excluding carboxylic acids is 1. The molecule has 2 aromatic rings. The highest BCUT2D eigenvalue weighted by molar-refractivity contribution is 5.94. The van der Waals surface area contributed by atoms with E-state index in [9.17, 15) is 15.0 Å². The summed E-state index contributed by atoms with van der Waals surface area (Å²) in [6.07, 6.45) is 0. The van der Waals surface area contributed by atoms with Gasteiger partial charge in [0.05, 0.1) is 6.61 Å². The maximum Gasteiger partial charge on any atom is 0.254 e. The van der Waals surface area contributed by atoms with Gasteiger partial charge in [0, 0.05) is 18.7 Å². The van der Waals surface area contributed by atoms with Crippen LogP contribution in [0.1, 0.15) is 21.5 Å². The highest BCUT2D eigenvalue weighted by Gasteiger charge is 2.16. The molecule has 0 saturated heterocycles. The molecule has 0 aliphatic rings. The normalized spacial score (nSPS) is 10.4. The molecule has 4 nitrogen and oxygen atoms in total. The van der Waals surface area contributed by atoms with Crippen molar-refractivity contribution < 1.29 is 15.0 Å². The summed E-state index contributed by atoms with van der Waals surface area (Å²) in [5.74, 6) is 0.0133. The van der Waals surface area contributed by atoms with Crippen LogP contribution in [-0.4, -0.2) is 34.2 Å². The lowest BCUT2D eigenvalue weighted by Crippen LogP contribution is -2.33. The molecule has 1 amide bonds. The van der Waals surface area contributed by atoms with Crippen LogP contribution in [0.25, 0.3) is 0 Å². The zero-order valence-electron chi connectivity index (χ0n) is 12.0. The van der Waals surface area contributed by atoms with Crippen LogP contribution in [0.4, 0.5) is 0 Å². The fraction of sp³-hybridized carbons (Fsp3) is 0.235. The summed E-state index contributed by atoms with van der Waals surface area (Å²) in [5.41, 5.74) is 2.17. The van der Waals surface area contributed by atoms with Crippen molar-refractivity contribution in [3.63, 3.8) is 0 Å². The van der Waals surface area contributed by atoms with Crippen molar-refractivity contribution in [2.45, 2.75) is 13.5 Å². The van der Waals surface area contributed by atoms with Crippen LogP contribution in [0.5, 0.6) is 5.75 Å². The van der Waals surface area contributed by atoms with Crippen molar-refractivity contribution >= 4 is 5.91 Å². The minimum absolute atomic E-state index is 0.0877. The number of aliphatic hydroxyl groups excluding tert-OH is 1. The fourth-order valence-electron chi connectivity index (χ4n) is 2.15. The van der Waals surface area contributed by atoms with Crippen LogP contribution in [0.15, 0.2) is 48.5 Å². The molecule has 2 rings (SSSR count). The molecule has 0 heterocycles. The minimum atomic E-state index is -0.156. The second-order valence-electron chi connectivity index (χ2n) is 4.94. The molecule has 0 atom stereocenters. The first-order valence-electron chi connectivity index (χ1n) is 6.85. The molecule has 4 heteroatoms. The molecular weight excluding hydrogens is 266 g/mol. The largest absolute Gasteiger partial charge is 0.508 e. The lowest BCUT2D eigenvalue weighted by Gasteiger charge is -2.22. The third kappa shape index (κ3) is 3.83. The summed E-state index contributed by atoms with van der Waals surface area (Å²) in [6.45, 7) is 2.38. The highest BCUT2D eigenvalue weighted by atomic mass is 16.3. The first kappa shape index (κ1) is 15.1. The number of phenolic OH excluding ortho intramolecular Hbond substituents is 1. The molecule has 110 valence electrons. The van der Waals surface area contributed by atoms with Crippen molar-refractivity contribution in [3.8, 4) is 5.75 Å². The van der Waals surface area contributed by atoms with E-state index in [4.69, 9.17) is 0 Å². The summed E-state index contributed by atoms with van der Waals surface area (Å²) < 4.78 is 0. The molecule has 0 radical (unpaired) electrons. The molecule has 2 aromatic carbocycles. The molecule has 0 unspecified atom stereocenters. The van der Waals surface area contributed by atoms with Crippen molar-refractivity contribution in [1.29, 1.82) is 0 Å². The molecule has 0 bridgehead atoms. The van der Waals surface area contributed by atoms with Gasteiger partial charge in [-0.2, -0.15) is 0 Å². The summed E-state index contributed by atoms with van der Waals surface area (Å²) in [6, 6.07) is 14.4. The van der Waals surface area contributed by atoms with Gasteiger partial charge in [-0.25, -0.2) is 0 Å². The standard InChI is InChI=1S/C17H19NO3/c1-13-11-15(7-8-16(13)20)17(21)18(9-10-19)12-14-5-3-2-4-6-14/h2-8,11,19-20H,9-10,12H2,1H3. The zero-order chi connectivity index (χ0) is 15.2. The zero-order valence-corrected chi connectivity index (χ0v) is 12.0. The van der Waals surface area contributed by atoms with Crippen LogP contribution < -0.4 is 0 Å². The van der Waals surface area contributed by atoms with Gasteiger partial charge in [-0.05, 0) is 36.2 Å². The van der Waals surface area contributed by atoms with E-state index in [1.807, 2.05) is 30.3 Å². The Kier molecular flexibility index (Phi) is 4.95. The van der Waals surface area contributed by atoms with Crippen LogP contribution >= 0.6 is 0 Å². The smallest absolute Gasteiger partial charge is 0.254 e. The molecule has 0 aromatic heterocycles. The first-order chi connectivity index (χ1) is 10.1. The summed E-state index contributed by atoms with van der Waals surface area (Å²) in [5, 5.41) is 18.7. The van der Waals surface area contributed by atoms with Crippen LogP contribution in [-0.2, 0) is 6.54 Å². The van der Waals surface area contributed by atoms with E-state index in [1.165, 1.54) is 6.07 Å². The number of hydrogen-bond donors (Lipinski definition) is 2. The van der Waals surface area contributed by atoms with E-state index in [2.05, 4.69) is 0 Å². The summed E-state index contributed by atoms with van der Waals surface area (Å²) in [7, 11) is 0. The average molecular weight is 285 g/mol. The van der Waals surface area contributed by atoms with E-state index in [1.54, 1.807) is 24.0 Å². The van der Waals surface area contributed by atoms with Crippen molar-refractivity contribution in [1.82, 2.24) is 4.90 Å². The lowest BCUT2D eigenvalue weighted by atomic mass is 10.1. The van der Waals surface area contributed by atoms with E-state index in [0.717, 1.165) is 5.56 Å². The highest BCUT2D eigenvalue weighted by Crippen LogP contribution is 2.18. The number of nitrogens with zero attached hydrogens (tertiary/aromatic N) is 1. The Bertz CT molecular complexity index is 611. The first-order valence-corrected chi connectivity index (χ1v) is 6.85. The van der Waals surface area contributed by atoms with Crippen molar-refractivity contribution in [3.05, 3.63) is 65.2 Å². The molecule has 0 fully saturated rings. The maximum atomic E-state index is 12.5. The van der Waals surface area contributed by atoms with E-state index in [-0.39, 0.29) is 24.8 Å². The molecule has 2 N–H and O–H groups in total. The SMILES string of the molecule is Cc1cc(C(=O)N(CCO)Cc2ccccc2)ccc1O. The van der Waals surface area contributed by atoms with E-state index >= 15 is 0 Å². The average Bonchev–Trinajstić information content (AvgIpc) is 2.50. The van der Waals surface area contributed by atoms with Crippen molar-refractivity contribution in [2.24, 2.45) is 0 Å². The number of carbonyl (C=O) groups is 1. The minimum Gasteiger partial charge on any atom is -0.508 e. The number of phenols is 1. The fourth-order valence-corrected chi connectivity index (χ4v) is 2.15. The Balaban J connectivity index is 2.20. The number of amides is 1. The van der Waals surface area contributed by atoms with Gasteiger partial charge in [-0.1, -0.05) is 30.3 Å². The van der Waals surface area contributed by atoms with Gasteiger partial charge in [-0.15, -0.1) is 0 Å². The Morgan fingerprint density at radius 1 is 1.14 bits per heavy atom. The number of benzene rings is 2. The number of aryl methyl sites for hydroxylation is 1. The third-order valence-corrected chi connectivity index (χ3v) is 3.32. The second kappa shape index (κ2) is 6.90. The summed E-state index contributed by atoms with van der Waals surface area (Å²) in [4.78, 5) is 14.1. The van der Waals surface area contributed by atoms with Gasteiger partial charge >= 0.3 is 0 Å². The number of rotatable bonds is 5. The Morgan fingerprint density at radius 2 is 1.86 bits per heavy atom. The Hall–Kier alpha value is -2.33. The molecule has 0 spiro atoms. The summed E-state index contributed by atoms with van der Waals surface area (Å²) >= 11 is 0. The molecule has 0 aliphatic heterocycles. The Labute approximate surface area is 124 Å². The quantitative estimate of drug-likeness (QED) is 0.886. The number of aliphatic hydroxyl groups is 1. The van der Waals surface area contributed by atoms with Gasteiger partial charge < -0.3 is 15.1 Å². The monoisotopic (exact) mass is 285 g/mol. The van der Waals surface area contributed by atoms with Crippen LogP contribution in [0, 0.1) is 6.92 Å². The molecule has 0 saturated carbocycles. The van der Waals surface area contributed by atoms with Crippen LogP contribution in [0.2, 0.25) is 0 Å². The third-order valence-electron chi connectivity index (χ3n) is 3.32. The predicted molar refractivity (Wildman–Crippen MR) is 81.1 cm³/mol. The second-order valence-corrected chi connectivity index (χ2v) is 4.94. The Morgan fingerprint density at radius 3 is 2.48 bits per heavy atom. The van der Waals surface area contributed by atoms with Gasteiger partial charge in [-0.3, -0.25) is 4.79 Å². The topological polar surface area (TPSA) is 60.8 Å². The number of aromatic hydroxyl groups is 1. The van der Waals surface area contributed by atoms with Crippen molar-refractivity contribution in [2.75, 3.05) is 13.2 Å². The van der Waals surface area contributed by atoms with Gasteiger partial charge in [0.2, 0.25) is 0 Å². The van der Waals surface area contributed by atoms with Crippen LogP contribution in [0.3, 0.4) is 0 Å². The lowest BCUT2D eigenvalue weighted by molar-refractivity contribution is 0.0707. The van der Waals surface area contributed by atoms with Gasteiger partial charge in [0.1, 0.15) is 5.75 Å². The van der Waals surface area contributed by atoms with Gasteiger partial charge in [0.25, 0.3) is 5.91 Å². The molecule has 0 aliphatic carbocycles. The van der Waals surface area contributed by atoms with E-state index in [0.29, 0.717) is 17.7 Å². The predicted octanol–water partition coefficient (Wildman–Crippen LogP) is 2.34.